The second-order valence-electron chi connectivity index (χ2n) is 4.93. The first-order chi connectivity index (χ1) is 10.1. The van der Waals surface area contributed by atoms with Crippen LogP contribution in [0.2, 0.25) is 0 Å². The Bertz CT molecular complexity index is 672. The maximum Gasteiger partial charge on any atom is 0.328 e. The van der Waals surface area contributed by atoms with Gasteiger partial charge in [-0.25, -0.2) is 4.79 Å². The van der Waals surface area contributed by atoms with Gasteiger partial charge in [-0.05, 0) is 42.7 Å². The third-order valence-electron chi connectivity index (χ3n) is 3.17. The van der Waals surface area contributed by atoms with E-state index in [4.69, 9.17) is 9.84 Å². The van der Waals surface area contributed by atoms with Crippen LogP contribution in [0.25, 0.3) is 6.08 Å². The van der Waals surface area contributed by atoms with E-state index in [1.807, 2.05) is 50.2 Å². The highest BCUT2D eigenvalue weighted by Gasteiger charge is 2.03. The van der Waals surface area contributed by atoms with E-state index in [1.165, 1.54) is 5.56 Å². The molecule has 0 radical (unpaired) electrons. The summed E-state index contributed by atoms with van der Waals surface area (Å²) in [5.74, 6) is -0.113. The highest BCUT2D eigenvalue weighted by Crippen LogP contribution is 2.21. The molecule has 0 heterocycles. The Morgan fingerprint density at radius 3 is 2.67 bits per heavy atom. The van der Waals surface area contributed by atoms with E-state index in [2.05, 4.69) is 6.07 Å². The second kappa shape index (κ2) is 6.75. The summed E-state index contributed by atoms with van der Waals surface area (Å²) in [6.07, 6.45) is 2.72. The van der Waals surface area contributed by atoms with Crippen molar-refractivity contribution in [2.45, 2.75) is 20.5 Å². The van der Waals surface area contributed by atoms with Crippen LogP contribution in [-0.2, 0) is 11.4 Å². The molecule has 0 aliphatic heterocycles. The van der Waals surface area contributed by atoms with Crippen LogP contribution in [0.15, 0.2) is 48.5 Å². The Morgan fingerprint density at radius 1 is 1.19 bits per heavy atom. The molecule has 1 N–H and O–H groups in total. The summed E-state index contributed by atoms with van der Waals surface area (Å²) < 4.78 is 5.84. The van der Waals surface area contributed by atoms with Crippen molar-refractivity contribution in [1.29, 1.82) is 0 Å². The molecule has 0 unspecified atom stereocenters. The summed E-state index contributed by atoms with van der Waals surface area (Å²) >= 11 is 0. The zero-order chi connectivity index (χ0) is 15.2. The van der Waals surface area contributed by atoms with Crippen molar-refractivity contribution in [2.75, 3.05) is 0 Å². The highest BCUT2D eigenvalue weighted by atomic mass is 16.5. The number of benzene rings is 2. The van der Waals surface area contributed by atoms with Gasteiger partial charge < -0.3 is 9.84 Å². The van der Waals surface area contributed by atoms with Crippen molar-refractivity contribution in [3.63, 3.8) is 0 Å². The van der Waals surface area contributed by atoms with Gasteiger partial charge >= 0.3 is 5.97 Å². The van der Waals surface area contributed by atoms with Gasteiger partial charge in [-0.2, -0.15) is 0 Å². The number of aliphatic carboxylic acids is 1. The van der Waals surface area contributed by atoms with Crippen molar-refractivity contribution < 1.29 is 14.6 Å². The minimum absolute atomic E-state index is 0.407. The zero-order valence-corrected chi connectivity index (χ0v) is 12.2. The fraction of sp³-hybridized carbons (Fsp3) is 0.167. The lowest BCUT2D eigenvalue weighted by molar-refractivity contribution is -0.131. The Hall–Kier alpha value is -2.55. The average molecular weight is 282 g/mol. The minimum atomic E-state index is -0.958. The molecule has 3 heteroatoms. The van der Waals surface area contributed by atoms with Crippen LogP contribution in [0.4, 0.5) is 0 Å². The van der Waals surface area contributed by atoms with Gasteiger partial charge in [-0.3, -0.25) is 0 Å². The van der Waals surface area contributed by atoms with Crippen molar-refractivity contribution in [3.05, 3.63) is 70.8 Å². The van der Waals surface area contributed by atoms with Crippen LogP contribution < -0.4 is 4.74 Å². The van der Waals surface area contributed by atoms with Gasteiger partial charge in [-0.15, -0.1) is 0 Å². The van der Waals surface area contributed by atoms with Crippen molar-refractivity contribution in [2.24, 2.45) is 0 Å². The van der Waals surface area contributed by atoms with Crippen molar-refractivity contribution in [1.82, 2.24) is 0 Å². The molecular formula is C18H18O3. The number of carboxylic acids is 1. The molecule has 0 atom stereocenters. The van der Waals surface area contributed by atoms with E-state index in [1.54, 1.807) is 6.08 Å². The van der Waals surface area contributed by atoms with Crippen LogP contribution in [0.5, 0.6) is 5.75 Å². The molecule has 108 valence electrons. The molecule has 2 aromatic rings. The van der Waals surface area contributed by atoms with Crippen molar-refractivity contribution in [3.8, 4) is 5.75 Å². The SMILES string of the molecule is Cc1ccc(OCc2ccccc2C=CC(=O)O)c(C)c1. The van der Waals surface area contributed by atoms with E-state index < -0.39 is 5.97 Å². The number of carbonyl (C=O) groups is 1. The quantitative estimate of drug-likeness (QED) is 0.844. The number of aryl methyl sites for hydroxylation is 2. The Labute approximate surface area is 124 Å². The second-order valence-corrected chi connectivity index (χ2v) is 4.93. The summed E-state index contributed by atoms with van der Waals surface area (Å²) in [6, 6.07) is 13.6. The first kappa shape index (κ1) is 14.9. The lowest BCUT2D eigenvalue weighted by Gasteiger charge is -2.11. The molecule has 0 fully saturated rings. The first-order valence-electron chi connectivity index (χ1n) is 6.75. The molecule has 0 aliphatic carbocycles. The van der Waals surface area contributed by atoms with E-state index in [0.717, 1.165) is 28.5 Å². The van der Waals surface area contributed by atoms with Gasteiger partial charge in [-0.1, -0.05) is 42.0 Å². The molecule has 2 aromatic carbocycles. The normalized spacial score (nSPS) is 10.8. The maximum absolute atomic E-state index is 10.6. The van der Waals surface area contributed by atoms with E-state index in [9.17, 15) is 4.79 Å². The fourth-order valence-corrected chi connectivity index (χ4v) is 2.11. The summed E-state index contributed by atoms with van der Waals surface area (Å²) in [5.41, 5.74) is 4.10. The van der Waals surface area contributed by atoms with Gasteiger partial charge in [0.2, 0.25) is 0 Å². The van der Waals surface area contributed by atoms with E-state index in [0.29, 0.717) is 6.61 Å². The lowest BCUT2D eigenvalue weighted by Crippen LogP contribution is -1.99. The van der Waals surface area contributed by atoms with Crippen LogP contribution in [0, 0.1) is 13.8 Å². The zero-order valence-electron chi connectivity index (χ0n) is 12.2. The lowest BCUT2D eigenvalue weighted by atomic mass is 10.1. The molecule has 0 spiro atoms. The molecule has 21 heavy (non-hydrogen) atoms. The number of rotatable bonds is 5. The van der Waals surface area contributed by atoms with Crippen LogP contribution in [-0.4, -0.2) is 11.1 Å². The third kappa shape index (κ3) is 4.21. The number of ether oxygens (including phenoxy) is 1. The van der Waals surface area contributed by atoms with Gasteiger partial charge in [0.1, 0.15) is 12.4 Å². The molecule has 0 aromatic heterocycles. The fourth-order valence-electron chi connectivity index (χ4n) is 2.11. The summed E-state index contributed by atoms with van der Waals surface area (Å²) in [7, 11) is 0. The monoisotopic (exact) mass is 282 g/mol. The van der Waals surface area contributed by atoms with Crippen LogP contribution in [0.1, 0.15) is 22.3 Å². The van der Waals surface area contributed by atoms with Crippen LogP contribution in [0.3, 0.4) is 0 Å². The summed E-state index contributed by atoms with van der Waals surface area (Å²) in [6.45, 7) is 4.46. The molecule has 0 saturated carbocycles. The van der Waals surface area contributed by atoms with Gasteiger partial charge in [0, 0.05) is 6.08 Å². The summed E-state index contributed by atoms with van der Waals surface area (Å²) in [5, 5.41) is 8.72. The Kier molecular flexibility index (Phi) is 4.77. The summed E-state index contributed by atoms with van der Waals surface area (Å²) in [4.78, 5) is 10.6. The molecule has 0 saturated heterocycles. The molecular weight excluding hydrogens is 264 g/mol. The molecule has 0 bridgehead atoms. The first-order valence-corrected chi connectivity index (χ1v) is 6.75. The molecule has 3 nitrogen and oxygen atoms in total. The largest absolute Gasteiger partial charge is 0.489 e. The van der Waals surface area contributed by atoms with Gasteiger partial charge in [0.05, 0.1) is 0 Å². The van der Waals surface area contributed by atoms with Crippen LogP contribution >= 0.6 is 0 Å². The number of hydrogen-bond acceptors (Lipinski definition) is 2. The predicted molar refractivity (Wildman–Crippen MR) is 83.4 cm³/mol. The van der Waals surface area contributed by atoms with Gasteiger partial charge in [0.25, 0.3) is 0 Å². The number of hydrogen-bond donors (Lipinski definition) is 1. The van der Waals surface area contributed by atoms with Crippen molar-refractivity contribution >= 4 is 12.0 Å². The van der Waals surface area contributed by atoms with E-state index >= 15 is 0 Å². The Morgan fingerprint density at radius 2 is 1.95 bits per heavy atom. The Balaban J connectivity index is 2.14. The van der Waals surface area contributed by atoms with Gasteiger partial charge in [0.15, 0.2) is 0 Å². The predicted octanol–water partition coefficient (Wildman–Crippen LogP) is 3.98. The van der Waals surface area contributed by atoms with E-state index in [-0.39, 0.29) is 0 Å². The number of carboxylic acid groups (broad SMARTS) is 1. The topological polar surface area (TPSA) is 46.5 Å². The highest BCUT2D eigenvalue weighted by molar-refractivity contribution is 5.85. The molecule has 0 aliphatic rings. The standard InChI is InChI=1S/C18H18O3/c1-13-7-9-17(14(2)11-13)21-12-16-6-4-3-5-15(16)8-10-18(19)20/h3-11H,12H2,1-2H3,(H,19,20). The maximum atomic E-state index is 10.6. The average Bonchev–Trinajstić information content (AvgIpc) is 2.45. The molecule has 0 amide bonds. The minimum Gasteiger partial charge on any atom is -0.489 e. The molecule has 2 rings (SSSR count). The third-order valence-corrected chi connectivity index (χ3v) is 3.17. The smallest absolute Gasteiger partial charge is 0.328 e.